The molecule has 0 aliphatic rings. The van der Waals surface area contributed by atoms with E-state index < -0.39 is 5.97 Å². The largest absolute Gasteiger partial charge is 0.476 e. The molecule has 1 amide bonds. The van der Waals surface area contributed by atoms with Gasteiger partial charge in [-0.05, 0) is 31.3 Å². The van der Waals surface area contributed by atoms with Crippen molar-refractivity contribution in [1.29, 1.82) is 0 Å². The van der Waals surface area contributed by atoms with Crippen LogP contribution in [0.1, 0.15) is 30.8 Å². The first-order chi connectivity index (χ1) is 14.0. The van der Waals surface area contributed by atoms with E-state index in [1.165, 1.54) is 10.7 Å². The second kappa shape index (κ2) is 9.33. The number of nitrogens with one attached hydrogen (secondary N) is 1. The Labute approximate surface area is 168 Å². The SMILES string of the molecule is CCN(CC)CCn1c(NC(=O)CCn2ccc(C(=O)O)n2)nc2ccccc21. The average Bonchev–Trinajstić information content (AvgIpc) is 3.32. The number of hydrogen-bond donors (Lipinski definition) is 2. The number of carbonyl (C=O) groups excluding carboxylic acids is 1. The van der Waals surface area contributed by atoms with Gasteiger partial charge in [-0.25, -0.2) is 9.78 Å². The number of carboxylic acids is 1. The first-order valence-corrected chi connectivity index (χ1v) is 9.76. The summed E-state index contributed by atoms with van der Waals surface area (Å²) in [4.78, 5) is 30.3. The third-order valence-corrected chi connectivity index (χ3v) is 4.87. The number of para-hydroxylation sites is 2. The summed E-state index contributed by atoms with van der Waals surface area (Å²) in [5.74, 6) is -0.762. The molecule has 0 saturated carbocycles. The molecule has 2 aromatic heterocycles. The van der Waals surface area contributed by atoms with Crippen LogP contribution in [0.15, 0.2) is 36.5 Å². The molecule has 0 bridgehead atoms. The van der Waals surface area contributed by atoms with Crippen LogP contribution in [-0.2, 0) is 17.9 Å². The number of fused-ring (bicyclic) bond motifs is 1. The lowest BCUT2D eigenvalue weighted by Gasteiger charge is -2.19. The number of anilines is 1. The minimum Gasteiger partial charge on any atom is -0.476 e. The van der Waals surface area contributed by atoms with E-state index in [0.29, 0.717) is 12.5 Å². The maximum absolute atomic E-state index is 12.5. The predicted molar refractivity (Wildman–Crippen MR) is 110 cm³/mol. The Morgan fingerprint density at radius 2 is 1.90 bits per heavy atom. The number of aryl methyl sites for hydroxylation is 1. The van der Waals surface area contributed by atoms with Gasteiger partial charge in [0, 0.05) is 32.3 Å². The lowest BCUT2D eigenvalue weighted by Crippen LogP contribution is -2.27. The maximum atomic E-state index is 12.5. The molecule has 9 heteroatoms. The van der Waals surface area contributed by atoms with E-state index >= 15 is 0 Å². The van der Waals surface area contributed by atoms with E-state index in [4.69, 9.17) is 5.11 Å². The smallest absolute Gasteiger partial charge is 0.356 e. The number of carboxylic acid groups (broad SMARTS) is 1. The summed E-state index contributed by atoms with van der Waals surface area (Å²) in [6.07, 6.45) is 1.72. The summed E-state index contributed by atoms with van der Waals surface area (Å²) in [5.41, 5.74) is 1.78. The van der Waals surface area contributed by atoms with Gasteiger partial charge in [-0.2, -0.15) is 5.10 Å². The third-order valence-electron chi connectivity index (χ3n) is 4.87. The van der Waals surface area contributed by atoms with Crippen molar-refractivity contribution in [2.45, 2.75) is 33.4 Å². The number of hydrogen-bond acceptors (Lipinski definition) is 5. The van der Waals surface area contributed by atoms with Crippen LogP contribution < -0.4 is 5.32 Å². The maximum Gasteiger partial charge on any atom is 0.356 e. The van der Waals surface area contributed by atoms with Crippen LogP contribution in [-0.4, -0.2) is 60.8 Å². The van der Waals surface area contributed by atoms with Crippen molar-refractivity contribution in [3.8, 4) is 0 Å². The predicted octanol–water partition coefficient (Wildman–Crippen LogP) is 2.30. The molecular formula is C20H26N6O3. The topological polar surface area (TPSA) is 105 Å². The Hall–Kier alpha value is -3.20. The van der Waals surface area contributed by atoms with Gasteiger partial charge in [0.1, 0.15) is 0 Å². The summed E-state index contributed by atoms with van der Waals surface area (Å²) in [6, 6.07) is 9.22. The van der Waals surface area contributed by atoms with Gasteiger partial charge in [-0.3, -0.25) is 14.8 Å². The van der Waals surface area contributed by atoms with Gasteiger partial charge < -0.3 is 14.6 Å². The van der Waals surface area contributed by atoms with Crippen molar-refractivity contribution in [1.82, 2.24) is 24.2 Å². The Kier molecular flexibility index (Phi) is 6.61. The molecule has 3 rings (SSSR count). The number of rotatable bonds is 10. The van der Waals surface area contributed by atoms with Gasteiger partial charge >= 0.3 is 5.97 Å². The summed E-state index contributed by atoms with van der Waals surface area (Å²) in [5, 5.41) is 15.7. The molecular weight excluding hydrogens is 372 g/mol. The lowest BCUT2D eigenvalue weighted by atomic mass is 10.3. The molecule has 0 saturated heterocycles. The standard InChI is InChI=1S/C20H26N6O3/c1-3-24(4-2)13-14-26-17-8-6-5-7-15(17)21-20(26)22-18(27)10-12-25-11-9-16(23-25)19(28)29/h5-9,11H,3-4,10,12-14H2,1-2H3,(H,28,29)(H,21,22,27). The van der Waals surface area contributed by atoms with Crippen LogP contribution in [0.5, 0.6) is 0 Å². The number of nitrogens with zero attached hydrogens (tertiary/aromatic N) is 5. The van der Waals surface area contributed by atoms with Crippen LogP contribution in [0.3, 0.4) is 0 Å². The minimum atomic E-state index is -1.09. The van der Waals surface area contributed by atoms with E-state index in [2.05, 4.69) is 34.1 Å². The number of likely N-dealkylation sites (N-methyl/N-ethyl adjacent to an activating group) is 1. The summed E-state index contributed by atoms with van der Waals surface area (Å²) >= 11 is 0. The van der Waals surface area contributed by atoms with Crippen LogP contribution in [0, 0.1) is 0 Å². The van der Waals surface area contributed by atoms with Crippen molar-refractivity contribution in [3.63, 3.8) is 0 Å². The quantitative estimate of drug-likeness (QED) is 0.543. The number of aromatic carboxylic acids is 1. The summed E-state index contributed by atoms with van der Waals surface area (Å²) in [6.45, 7) is 8.06. The minimum absolute atomic E-state index is 0.0383. The van der Waals surface area contributed by atoms with E-state index in [1.54, 1.807) is 6.20 Å². The zero-order valence-corrected chi connectivity index (χ0v) is 16.7. The number of amides is 1. The zero-order valence-electron chi connectivity index (χ0n) is 16.7. The average molecular weight is 398 g/mol. The molecule has 1 aromatic carbocycles. The van der Waals surface area contributed by atoms with E-state index in [9.17, 15) is 9.59 Å². The van der Waals surface area contributed by atoms with E-state index in [-0.39, 0.29) is 18.0 Å². The van der Waals surface area contributed by atoms with E-state index in [0.717, 1.165) is 37.2 Å². The van der Waals surface area contributed by atoms with E-state index in [1.807, 2.05) is 28.8 Å². The normalized spacial score (nSPS) is 11.3. The molecule has 0 radical (unpaired) electrons. The Morgan fingerprint density at radius 3 is 2.59 bits per heavy atom. The fourth-order valence-corrected chi connectivity index (χ4v) is 3.18. The second-order valence-electron chi connectivity index (χ2n) is 6.67. The molecule has 29 heavy (non-hydrogen) atoms. The number of carbonyl (C=O) groups is 2. The monoisotopic (exact) mass is 398 g/mol. The van der Waals surface area contributed by atoms with Crippen LogP contribution in [0.25, 0.3) is 11.0 Å². The van der Waals surface area contributed by atoms with Crippen molar-refractivity contribution in [3.05, 3.63) is 42.2 Å². The van der Waals surface area contributed by atoms with Gasteiger partial charge in [0.2, 0.25) is 11.9 Å². The Bertz CT molecular complexity index is 989. The highest BCUT2D eigenvalue weighted by Crippen LogP contribution is 2.20. The molecule has 0 aliphatic heterocycles. The van der Waals surface area contributed by atoms with Crippen molar-refractivity contribution < 1.29 is 14.7 Å². The van der Waals surface area contributed by atoms with Crippen molar-refractivity contribution in [2.75, 3.05) is 25.0 Å². The number of benzene rings is 1. The Balaban J connectivity index is 1.69. The molecule has 0 spiro atoms. The molecule has 0 unspecified atom stereocenters. The highest BCUT2D eigenvalue weighted by atomic mass is 16.4. The van der Waals surface area contributed by atoms with Crippen LogP contribution in [0.2, 0.25) is 0 Å². The highest BCUT2D eigenvalue weighted by Gasteiger charge is 2.14. The number of imidazole rings is 1. The first kappa shape index (κ1) is 20.5. The van der Waals surface area contributed by atoms with Crippen molar-refractivity contribution >= 4 is 28.9 Å². The molecule has 9 nitrogen and oxygen atoms in total. The van der Waals surface area contributed by atoms with Crippen LogP contribution >= 0.6 is 0 Å². The molecule has 2 N–H and O–H groups in total. The molecule has 154 valence electrons. The third kappa shape index (κ3) is 5.00. The van der Waals surface area contributed by atoms with Crippen molar-refractivity contribution in [2.24, 2.45) is 0 Å². The van der Waals surface area contributed by atoms with Gasteiger partial charge in [0.15, 0.2) is 5.69 Å². The van der Waals surface area contributed by atoms with Gasteiger partial charge in [-0.1, -0.05) is 26.0 Å². The number of aromatic nitrogens is 4. The molecule has 0 fully saturated rings. The molecule has 0 atom stereocenters. The highest BCUT2D eigenvalue weighted by molar-refractivity contribution is 5.91. The first-order valence-electron chi connectivity index (χ1n) is 9.76. The van der Waals surface area contributed by atoms with Gasteiger partial charge in [-0.15, -0.1) is 0 Å². The Morgan fingerprint density at radius 1 is 1.14 bits per heavy atom. The molecule has 0 aliphatic carbocycles. The fourth-order valence-electron chi connectivity index (χ4n) is 3.18. The lowest BCUT2D eigenvalue weighted by molar-refractivity contribution is -0.116. The van der Waals surface area contributed by atoms with Gasteiger partial charge in [0.05, 0.1) is 11.0 Å². The molecule has 2 heterocycles. The van der Waals surface area contributed by atoms with Crippen LogP contribution in [0.4, 0.5) is 5.95 Å². The fraction of sp³-hybridized carbons (Fsp3) is 0.400. The van der Waals surface area contributed by atoms with Gasteiger partial charge in [0.25, 0.3) is 0 Å². The summed E-state index contributed by atoms with van der Waals surface area (Å²) < 4.78 is 3.48. The zero-order chi connectivity index (χ0) is 20.8. The summed E-state index contributed by atoms with van der Waals surface area (Å²) in [7, 11) is 0. The second-order valence-corrected chi connectivity index (χ2v) is 6.67. The molecule has 3 aromatic rings.